The molecule has 11 rings (SSSR count). The Bertz CT molecular complexity index is 3610. The molecule has 55 atom stereocenters. The molecule has 764 valence electrons. The van der Waals surface area contributed by atoms with Crippen molar-refractivity contribution in [3.05, 3.63) is 0 Å². The fourth-order valence-electron chi connectivity index (χ4n) is 17.4. The number of carbonyl (C=O) groups is 4. The Balaban J connectivity index is 0.882. The Hall–Kier alpha value is -4.12. The molecule has 11 saturated heterocycles. The van der Waals surface area contributed by atoms with Crippen LogP contribution in [0.15, 0.2) is 0 Å². The van der Waals surface area contributed by atoms with Crippen LogP contribution in [0.1, 0.15) is 41.5 Å². The van der Waals surface area contributed by atoms with Gasteiger partial charge in [-0.25, -0.2) is 0 Å². The maximum atomic E-state index is 13.7. The summed E-state index contributed by atoms with van der Waals surface area (Å²) in [5.41, 5.74) is 0. The van der Waals surface area contributed by atoms with E-state index in [1.54, 1.807) is 0 Å². The van der Waals surface area contributed by atoms with Gasteiger partial charge in [-0.15, -0.1) is 0 Å². The number of rotatable bonds is 33. The molecule has 58 heteroatoms. The van der Waals surface area contributed by atoms with Gasteiger partial charge in [0.1, 0.15) is 256 Å². The number of aliphatic hydroxyl groups excluding tert-OH is 29. The largest absolute Gasteiger partial charge is 0.394 e. The number of hydrogen-bond acceptors (Lipinski definition) is 54. The van der Waals surface area contributed by atoms with E-state index in [-0.39, 0.29) is 0 Å². The highest BCUT2D eigenvalue weighted by Crippen LogP contribution is 2.43. The van der Waals surface area contributed by atoms with Gasteiger partial charge in [0.15, 0.2) is 69.2 Å². The van der Waals surface area contributed by atoms with Crippen molar-refractivity contribution in [3.63, 3.8) is 0 Å². The molecule has 33 N–H and O–H groups in total. The van der Waals surface area contributed by atoms with Gasteiger partial charge in [-0.2, -0.15) is 0 Å². The quantitative estimate of drug-likeness (QED) is 0.0290. The third-order valence-electron chi connectivity index (χ3n) is 24.5. The third kappa shape index (κ3) is 23.4. The molecular weight excluding hydrogens is 1810 g/mol. The maximum Gasteiger partial charge on any atom is 0.217 e. The van der Waals surface area contributed by atoms with Crippen LogP contribution in [0.3, 0.4) is 0 Å². The van der Waals surface area contributed by atoms with Gasteiger partial charge in [0.25, 0.3) is 0 Å². The molecular formula is C74H124N4O54. The first kappa shape index (κ1) is 108. The number of carbonyl (C=O) groups excluding carboxylic acids is 4. The van der Waals surface area contributed by atoms with Crippen LogP contribution in [-0.2, 0) is 119 Å². The molecule has 11 heterocycles. The normalized spacial score (nSPS) is 50.4. The Morgan fingerprint density at radius 3 is 0.780 bits per heavy atom. The molecule has 0 aliphatic carbocycles. The molecule has 0 saturated carbocycles. The van der Waals surface area contributed by atoms with Crippen LogP contribution in [0.25, 0.3) is 0 Å². The van der Waals surface area contributed by atoms with Crippen LogP contribution in [0.4, 0.5) is 0 Å². The van der Waals surface area contributed by atoms with Crippen LogP contribution >= 0.6 is 0 Å². The van der Waals surface area contributed by atoms with Gasteiger partial charge in [-0.1, -0.05) is 0 Å². The lowest BCUT2D eigenvalue weighted by Gasteiger charge is -2.53. The highest BCUT2D eigenvalue weighted by Gasteiger charge is 2.64. The first-order chi connectivity index (χ1) is 62.4. The second kappa shape index (κ2) is 47.0. The SMILES string of the molecule is CC(=O)N[C@H]1[C@H](O[C@H]2[C@@H](O)[C@@H](CO)O[C@@H](O[C@H]3[C@H](O)[C@@H](O)C(O)O[C@@H]3CO)[C@@H]2O)O[C@H](CO)[C@@H](O[C@@H]2O[C@H](CO)[C@H](O)[C@H](O[C@@H]3O[C@H](CO)[C@@H](O[C@@H]4O[C@H](CO)[C@H](O)[C@H](O[C@H]5O[C@H](CO)[C@H](O)[C@H](O[C@@H]6O[C@H](CO)[C@H](O)[C@H](O[C@H]7O[C@H](CO)[C@H](O)[C@H](O)[C@H]7NC(C)=O)[C@H]6O[C@@H]6O[C@@H](C)[C@@H](O)[C@@H](O)[C@@H]6O)[C@H]5NC(C)=O)[C@H]4O[C@@H]4O[C@@H](C)[C@@H](O)[C@@H](O)[C@@H]4O)[C@H](O)[C@H]3NC(C)=O)[C@H]2O)[C@@H]1O. The lowest BCUT2D eigenvalue weighted by Crippen LogP contribution is -2.72. The van der Waals surface area contributed by atoms with Gasteiger partial charge in [-0.05, 0) is 13.8 Å². The Kier molecular flexibility index (Phi) is 38.5. The molecule has 11 aliphatic rings. The predicted molar refractivity (Wildman–Crippen MR) is 406 cm³/mol. The van der Waals surface area contributed by atoms with Crippen molar-refractivity contribution in [1.82, 2.24) is 21.3 Å². The molecule has 0 aromatic carbocycles. The average Bonchev–Trinajstić information content (AvgIpc) is 0.753. The van der Waals surface area contributed by atoms with Gasteiger partial charge >= 0.3 is 0 Å². The van der Waals surface area contributed by atoms with Crippen molar-refractivity contribution >= 4 is 23.6 Å². The summed E-state index contributed by atoms with van der Waals surface area (Å²) < 4.78 is 126. The summed E-state index contributed by atoms with van der Waals surface area (Å²) in [5, 5.41) is 336. The fourth-order valence-corrected chi connectivity index (χ4v) is 17.4. The Morgan fingerprint density at radius 2 is 0.432 bits per heavy atom. The summed E-state index contributed by atoms with van der Waals surface area (Å²) in [5.74, 6) is -3.94. The molecule has 11 aliphatic heterocycles. The van der Waals surface area contributed by atoms with Crippen LogP contribution in [0, 0.1) is 0 Å². The van der Waals surface area contributed by atoms with Gasteiger partial charge in [-0.3, -0.25) is 19.2 Å². The molecule has 0 spiro atoms. The van der Waals surface area contributed by atoms with E-state index < -0.39 is 421 Å². The smallest absolute Gasteiger partial charge is 0.217 e. The molecule has 4 amide bonds. The Morgan fingerprint density at radius 1 is 0.197 bits per heavy atom. The monoisotopic (exact) mass is 1930 g/mol. The van der Waals surface area contributed by atoms with Gasteiger partial charge < -0.3 is 269 Å². The maximum absolute atomic E-state index is 13.7. The van der Waals surface area contributed by atoms with E-state index >= 15 is 0 Å². The summed E-state index contributed by atoms with van der Waals surface area (Å²) >= 11 is 0. The van der Waals surface area contributed by atoms with E-state index in [9.17, 15) is 167 Å². The fraction of sp³-hybridized carbons (Fsp3) is 0.946. The predicted octanol–water partition coefficient (Wildman–Crippen LogP) is -22.3. The zero-order valence-corrected chi connectivity index (χ0v) is 71.3. The van der Waals surface area contributed by atoms with Crippen molar-refractivity contribution < 1.29 is 267 Å². The van der Waals surface area contributed by atoms with Crippen molar-refractivity contribution in [2.75, 3.05) is 59.5 Å². The Labute approximate surface area is 748 Å². The first-order valence-electron chi connectivity index (χ1n) is 42.4. The van der Waals surface area contributed by atoms with E-state index in [0.717, 1.165) is 27.7 Å². The zero-order chi connectivity index (χ0) is 97.1. The third-order valence-corrected chi connectivity index (χ3v) is 24.5. The minimum absolute atomic E-state index is 0.880. The summed E-state index contributed by atoms with van der Waals surface area (Å²) in [6.45, 7) is -4.38. The minimum Gasteiger partial charge on any atom is -0.394 e. The van der Waals surface area contributed by atoms with Crippen LogP contribution in [0.5, 0.6) is 0 Å². The second-order valence-corrected chi connectivity index (χ2v) is 33.7. The summed E-state index contributed by atoms with van der Waals surface area (Å²) in [6.07, 6.45) is -107. The molecule has 0 aromatic heterocycles. The molecule has 58 nitrogen and oxygen atoms in total. The average molecular weight is 1930 g/mol. The van der Waals surface area contributed by atoms with E-state index in [4.69, 9.17) is 99.5 Å². The lowest BCUT2D eigenvalue weighted by molar-refractivity contribution is -0.409. The first-order valence-corrected chi connectivity index (χ1v) is 42.4. The van der Waals surface area contributed by atoms with E-state index in [1.165, 1.54) is 13.8 Å². The summed E-state index contributed by atoms with van der Waals surface area (Å²) in [7, 11) is 0. The van der Waals surface area contributed by atoms with Crippen molar-refractivity contribution in [2.45, 2.75) is 379 Å². The molecule has 132 heavy (non-hydrogen) atoms. The van der Waals surface area contributed by atoms with Gasteiger partial charge in [0.2, 0.25) is 23.6 Å². The molecule has 0 radical (unpaired) electrons. The second-order valence-electron chi connectivity index (χ2n) is 33.7. The molecule has 0 bridgehead atoms. The summed E-state index contributed by atoms with van der Waals surface area (Å²) in [4.78, 5) is 52.7. The van der Waals surface area contributed by atoms with E-state index in [1.807, 2.05) is 0 Å². The molecule has 1 unspecified atom stereocenters. The van der Waals surface area contributed by atoms with Crippen molar-refractivity contribution in [2.24, 2.45) is 0 Å². The van der Waals surface area contributed by atoms with Gasteiger partial charge in [0.05, 0.1) is 71.7 Å². The number of nitrogens with one attached hydrogen (secondary N) is 4. The minimum atomic E-state index is -2.45. The highest BCUT2D eigenvalue weighted by atomic mass is 16.8. The van der Waals surface area contributed by atoms with Crippen LogP contribution in [-0.4, -0.2) is 569 Å². The number of aliphatic hydroxyl groups is 29. The standard InChI is InChI=1S/C74H124N4O54/c1-16-35(92)46(103)50(107)69(112-16)131-62-61(130-68-34(78-21(6)91)57(38(95)23(8-80)116-68)126-74-63(132-70-51(108)47(104)36(93)17(2)113-70)60(41(98)27(12-84)120-74)129-65-31(75-18(3)88)43(100)37(94)22(7-79)115-65)42(99)26(11-83)119-73(62)125-55-30(15-87)122-67(33(45(55)102)77-20(5)90)127-58-39(96)24(9-81)117-71(52(58)109)123-54-29(14-86)121-66(32(44(54)101)76-19(4)89)128-59-40(97)25(10-82)118-72(53(59)110)124-56-28(13-85)114-64(111)49(106)48(56)105/h16-17,22-74,79-87,92-111H,7-15H2,1-6H3,(H,75,88)(H,76,89)(H,77,90)(H,78,91)/t16-,17-,22+,23+,24+,25+,26+,27+,28+,29+,30+,31+,32+,33+,34+,35+,36+,37-,38-,39-,40-,41-,42-,43+,44+,45+,46+,47+,48+,49+,50-,51-,52+,53+,54+,55+,56+,57+,58-,59-,60-,61-,62+,63+,64?,65+,66-,67-,68+,69-,70-,71-,72-,73-,74-/m0/s1. The zero-order valence-electron chi connectivity index (χ0n) is 71.3. The topological polar surface area (TPSA) is 897 Å². The van der Waals surface area contributed by atoms with Crippen molar-refractivity contribution in [1.29, 1.82) is 0 Å². The molecule has 11 fully saturated rings. The van der Waals surface area contributed by atoms with Crippen molar-refractivity contribution in [3.8, 4) is 0 Å². The van der Waals surface area contributed by atoms with Crippen LogP contribution < -0.4 is 21.3 Å². The summed E-state index contributed by atoms with van der Waals surface area (Å²) in [6, 6.07) is -8.01. The van der Waals surface area contributed by atoms with Crippen LogP contribution in [0.2, 0.25) is 0 Å². The number of hydrogen-bond donors (Lipinski definition) is 33. The lowest BCUT2D eigenvalue weighted by atomic mass is 9.93. The van der Waals surface area contributed by atoms with E-state index in [0.29, 0.717) is 0 Å². The molecule has 0 aromatic rings. The van der Waals surface area contributed by atoms with Gasteiger partial charge in [0, 0.05) is 27.7 Å². The number of amides is 4. The highest BCUT2D eigenvalue weighted by molar-refractivity contribution is 5.74. The van der Waals surface area contributed by atoms with E-state index in [2.05, 4.69) is 21.3 Å². The number of ether oxygens (including phenoxy) is 21.